The summed E-state index contributed by atoms with van der Waals surface area (Å²) in [6.45, 7) is 12.1. The molecule has 0 saturated carbocycles. The van der Waals surface area contributed by atoms with Crippen LogP contribution in [0.5, 0.6) is 0 Å². The summed E-state index contributed by atoms with van der Waals surface area (Å²) >= 11 is 0. The molecule has 176 valence electrons. The van der Waals surface area contributed by atoms with Crippen LogP contribution in [-0.2, 0) is 11.3 Å². The highest BCUT2D eigenvalue weighted by Crippen LogP contribution is 2.40. The number of aliphatic hydroxyl groups excluding tert-OH is 3. The van der Waals surface area contributed by atoms with Crippen LogP contribution < -0.4 is 0 Å². The van der Waals surface area contributed by atoms with E-state index in [0.29, 0.717) is 23.4 Å². The van der Waals surface area contributed by atoms with E-state index in [1.165, 1.54) is 18.2 Å². The summed E-state index contributed by atoms with van der Waals surface area (Å²) in [7, 11) is 1.62. The summed E-state index contributed by atoms with van der Waals surface area (Å²) < 4.78 is 19.1. The van der Waals surface area contributed by atoms with Crippen LogP contribution in [0.2, 0.25) is 0 Å². The number of pyridine rings is 1. The average Bonchev–Trinajstić information content (AvgIpc) is 2.73. The summed E-state index contributed by atoms with van der Waals surface area (Å²) in [5, 5.41) is 31.6. The van der Waals surface area contributed by atoms with Gasteiger partial charge in [-0.2, -0.15) is 0 Å². The van der Waals surface area contributed by atoms with E-state index < -0.39 is 18.3 Å². The number of halogens is 1. The lowest BCUT2D eigenvalue weighted by molar-refractivity contribution is 0.0507. The SMILES string of the molecule is C=CC(O)CC(O)CC(O)c1c(-c2ccc(F)cc2)nc(C(C)C)c(COC)c1C(C)C. The molecule has 6 heteroatoms. The van der Waals surface area contributed by atoms with E-state index in [4.69, 9.17) is 9.72 Å². The smallest absolute Gasteiger partial charge is 0.123 e. The topological polar surface area (TPSA) is 82.8 Å². The first-order valence-electron chi connectivity index (χ1n) is 11.1. The number of hydrogen-bond donors (Lipinski definition) is 3. The lowest BCUT2D eigenvalue weighted by Crippen LogP contribution is -2.21. The van der Waals surface area contributed by atoms with Gasteiger partial charge in [0.05, 0.1) is 30.6 Å². The first kappa shape index (κ1) is 26.1. The number of aromatic nitrogens is 1. The van der Waals surface area contributed by atoms with Crippen molar-refractivity contribution in [1.82, 2.24) is 4.98 Å². The van der Waals surface area contributed by atoms with Gasteiger partial charge < -0.3 is 20.1 Å². The molecule has 0 bridgehead atoms. The second kappa shape index (κ2) is 11.7. The lowest BCUT2D eigenvalue weighted by Gasteiger charge is -2.28. The minimum absolute atomic E-state index is 0.0218. The molecule has 2 rings (SSSR count). The van der Waals surface area contributed by atoms with Crippen LogP contribution in [-0.4, -0.2) is 39.6 Å². The molecule has 32 heavy (non-hydrogen) atoms. The molecule has 1 aromatic carbocycles. The molecule has 3 atom stereocenters. The Hall–Kier alpha value is -2.12. The van der Waals surface area contributed by atoms with Gasteiger partial charge in [0, 0.05) is 42.3 Å². The van der Waals surface area contributed by atoms with Gasteiger partial charge in [-0.1, -0.05) is 33.8 Å². The maximum Gasteiger partial charge on any atom is 0.123 e. The Morgan fingerprint density at radius 1 is 1.00 bits per heavy atom. The molecule has 0 aliphatic heterocycles. The molecule has 3 unspecified atom stereocenters. The third-order valence-electron chi connectivity index (χ3n) is 5.56. The number of rotatable bonds is 11. The van der Waals surface area contributed by atoms with Crippen LogP contribution in [0.25, 0.3) is 11.3 Å². The second-order valence-electron chi connectivity index (χ2n) is 8.84. The predicted octanol–water partition coefficient (Wildman–Crippen LogP) is 5.00. The fourth-order valence-corrected chi connectivity index (χ4v) is 4.12. The van der Waals surface area contributed by atoms with Crippen molar-refractivity contribution in [1.29, 1.82) is 0 Å². The Labute approximate surface area is 190 Å². The molecule has 0 aliphatic carbocycles. The molecule has 1 aromatic heterocycles. The van der Waals surface area contributed by atoms with Gasteiger partial charge >= 0.3 is 0 Å². The van der Waals surface area contributed by atoms with E-state index in [2.05, 4.69) is 20.4 Å². The van der Waals surface area contributed by atoms with E-state index in [1.807, 2.05) is 13.8 Å². The molecule has 0 spiro atoms. The minimum atomic E-state index is -1.04. The van der Waals surface area contributed by atoms with Crippen molar-refractivity contribution in [2.75, 3.05) is 7.11 Å². The van der Waals surface area contributed by atoms with Crippen LogP contribution in [0.15, 0.2) is 36.9 Å². The number of hydrogen-bond acceptors (Lipinski definition) is 5. The fourth-order valence-electron chi connectivity index (χ4n) is 4.12. The summed E-state index contributed by atoms with van der Waals surface area (Å²) in [4.78, 5) is 4.93. The van der Waals surface area contributed by atoms with Crippen LogP contribution in [0.3, 0.4) is 0 Å². The Kier molecular flexibility index (Phi) is 9.52. The third-order valence-corrected chi connectivity index (χ3v) is 5.56. The summed E-state index contributed by atoms with van der Waals surface area (Å²) in [5.74, 6) is -0.203. The molecule has 5 nitrogen and oxygen atoms in total. The van der Waals surface area contributed by atoms with Crippen LogP contribution in [0, 0.1) is 5.82 Å². The predicted molar refractivity (Wildman–Crippen MR) is 125 cm³/mol. The number of aliphatic hydroxyl groups is 3. The van der Waals surface area contributed by atoms with E-state index in [9.17, 15) is 19.7 Å². The third kappa shape index (κ3) is 6.23. The molecule has 0 aliphatic rings. The zero-order valence-corrected chi connectivity index (χ0v) is 19.7. The maximum atomic E-state index is 13.6. The van der Waals surface area contributed by atoms with Gasteiger partial charge in [0.15, 0.2) is 0 Å². The maximum absolute atomic E-state index is 13.6. The summed E-state index contributed by atoms with van der Waals surface area (Å²) in [6, 6.07) is 6.04. The zero-order valence-electron chi connectivity index (χ0n) is 19.7. The number of nitrogens with zero attached hydrogens (tertiary/aromatic N) is 1. The summed E-state index contributed by atoms with van der Waals surface area (Å²) in [5.41, 5.74) is 4.59. The van der Waals surface area contributed by atoms with E-state index in [0.717, 1.165) is 16.8 Å². The van der Waals surface area contributed by atoms with Crippen molar-refractivity contribution in [2.24, 2.45) is 0 Å². The van der Waals surface area contributed by atoms with E-state index >= 15 is 0 Å². The Balaban J connectivity index is 2.74. The molecular weight excluding hydrogens is 409 g/mol. The highest BCUT2D eigenvalue weighted by molar-refractivity contribution is 5.67. The monoisotopic (exact) mass is 445 g/mol. The van der Waals surface area contributed by atoms with Crippen molar-refractivity contribution >= 4 is 0 Å². The van der Waals surface area contributed by atoms with Crippen LogP contribution >= 0.6 is 0 Å². The summed E-state index contributed by atoms with van der Waals surface area (Å²) in [6.07, 6.45) is -1.38. The zero-order chi connectivity index (χ0) is 24.0. The molecule has 3 N–H and O–H groups in total. The molecule has 0 saturated heterocycles. The first-order chi connectivity index (χ1) is 15.1. The Morgan fingerprint density at radius 2 is 1.62 bits per heavy atom. The van der Waals surface area contributed by atoms with Crippen molar-refractivity contribution in [3.63, 3.8) is 0 Å². The van der Waals surface area contributed by atoms with E-state index in [-0.39, 0.29) is 30.5 Å². The lowest BCUT2D eigenvalue weighted by atomic mass is 9.83. The fraction of sp³-hybridized carbons (Fsp3) is 0.500. The molecular formula is C26H36FNO4. The largest absolute Gasteiger partial charge is 0.393 e. The minimum Gasteiger partial charge on any atom is -0.393 e. The number of methoxy groups -OCH3 is 1. The van der Waals surface area contributed by atoms with Crippen molar-refractivity contribution < 1.29 is 24.4 Å². The van der Waals surface area contributed by atoms with Gasteiger partial charge in [0.25, 0.3) is 0 Å². The quantitative estimate of drug-likeness (QED) is 0.424. The van der Waals surface area contributed by atoms with Crippen molar-refractivity contribution in [3.8, 4) is 11.3 Å². The van der Waals surface area contributed by atoms with Crippen LogP contribution in [0.4, 0.5) is 4.39 Å². The Bertz CT molecular complexity index is 896. The van der Waals surface area contributed by atoms with E-state index in [1.54, 1.807) is 19.2 Å². The van der Waals surface area contributed by atoms with Gasteiger partial charge in [0.1, 0.15) is 5.82 Å². The molecule has 0 radical (unpaired) electrons. The second-order valence-corrected chi connectivity index (χ2v) is 8.84. The van der Waals surface area contributed by atoms with Crippen molar-refractivity contribution in [3.05, 3.63) is 65.1 Å². The molecule has 2 aromatic rings. The Morgan fingerprint density at radius 3 is 2.12 bits per heavy atom. The van der Waals surface area contributed by atoms with Gasteiger partial charge in [-0.15, -0.1) is 6.58 Å². The molecule has 0 amide bonds. The molecule has 0 fully saturated rings. The van der Waals surface area contributed by atoms with Crippen molar-refractivity contribution in [2.45, 2.75) is 77.3 Å². The first-order valence-corrected chi connectivity index (χ1v) is 11.1. The van der Waals surface area contributed by atoms with Gasteiger partial charge in [-0.05, 0) is 41.7 Å². The highest BCUT2D eigenvalue weighted by atomic mass is 19.1. The standard InChI is InChI=1S/C26H36FNO4/c1-7-19(29)12-20(30)13-22(31)24-23(15(2)3)21(14-32-6)25(16(4)5)28-26(24)17-8-10-18(27)11-9-17/h7-11,15-16,19-20,22,29-31H,1,12-14H2,2-6H3. The van der Waals surface area contributed by atoms with Gasteiger partial charge in [0.2, 0.25) is 0 Å². The van der Waals surface area contributed by atoms with Gasteiger partial charge in [-0.25, -0.2) is 4.39 Å². The van der Waals surface area contributed by atoms with Gasteiger partial charge in [-0.3, -0.25) is 4.98 Å². The average molecular weight is 446 g/mol. The normalized spacial score (nSPS) is 14.6. The van der Waals surface area contributed by atoms with Crippen LogP contribution in [0.1, 0.15) is 80.9 Å². The highest BCUT2D eigenvalue weighted by Gasteiger charge is 2.29. The number of ether oxygens (including phenoxy) is 1. The number of benzene rings is 1. The molecule has 1 heterocycles.